The van der Waals surface area contributed by atoms with Crippen LogP contribution >= 0.6 is 0 Å². The summed E-state index contributed by atoms with van der Waals surface area (Å²) < 4.78 is 7.23. The van der Waals surface area contributed by atoms with Gasteiger partial charge in [0, 0.05) is 49.5 Å². The topological polar surface area (TPSA) is 60.8 Å². The predicted octanol–water partition coefficient (Wildman–Crippen LogP) is 14.4. The maximum atomic E-state index is 7.23. The highest BCUT2D eigenvalue weighted by atomic mass is 16.5. The third kappa shape index (κ3) is 5.44. The van der Waals surface area contributed by atoms with Crippen molar-refractivity contribution in [1.29, 1.82) is 0 Å². The van der Waals surface area contributed by atoms with Crippen molar-refractivity contribution in [3.8, 4) is 79.2 Å². The van der Waals surface area contributed by atoms with E-state index < -0.39 is 5.41 Å². The molecular weight excluding hydrogens is 781 g/mol. The minimum absolute atomic E-state index is 0.569. The van der Waals surface area contributed by atoms with Crippen LogP contribution in [-0.2, 0) is 5.41 Å². The molecule has 0 radical (unpaired) electrons. The first kappa shape index (κ1) is 36.1. The van der Waals surface area contributed by atoms with Gasteiger partial charge < -0.3 is 4.74 Å². The molecule has 0 saturated heterocycles. The van der Waals surface area contributed by atoms with Crippen LogP contribution in [0.25, 0.3) is 89.4 Å². The van der Waals surface area contributed by atoms with Crippen molar-refractivity contribution in [2.75, 3.05) is 0 Å². The molecule has 2 aliphatic rings. The molecule has 0 N–H and O–H groups in total. The molecule has 5 heteroatoms. The Labute approximate surface area is 370 Å². The molecule has 0 atom stereocenters. The van der Waals surface area contributed by atoms with Crippen molar-refractivity contribution in [3.63, 3.8) is 0 Å². The minimum atomic E-state index is -0.595. The smallest absolute Gasteiger partial charge is 0.164 e. The van der Waals surface area contributed by atoms with E-state index in [0.29, 0.717) is 17.5 Å². The molecule has 0 amide bonds. The number of benzene rings is 9. The van der Waals surface area contributed by atoms with Crippen LogP contribution in [0.5, 0.6) is 11.5 Å². The minimum Gasteiger partial charge on any atom is -0.456 e. The molecule has 0 saturated carbocycles. The highest BCUT2D eigenvalue weighted by molar-refractivity contribution is 6.15. The van der Waals surface area contributed by atoms with Crippen LogP contribution in [0.3, 0.4) is 0 Å². The third-order valence-electron chi connectivity index (χ3n) is 13.0. The SMILES string of the molecule is c1ccc(-c2ccc(-c3nc(-c4ccccc4)nc(-c4ccc5c(c4)nc(-c4ccccc4)c4ccc6c(c45)Oc4ccccc4C64c5ccccc5-c5ccccc54)n3)cc2)cc1. The molecule has 0 unspecified atom stereocenters. The van der Waals surface area contributed by atoms with Crippen molar-refractivity contribution < 1.29 is 4.74 Å². The van der Waals surface area contributed by atoms with Gasteiger partial charge in [-0.1, -0.05) is 206 Å². The lowest BCUT2D eigenvalue weighted by atomic mass is 9.65. The van der Waals surface area contributed by atoms with Crippen molar-refractivity contribution >= 4 is 21.7 Å². The number of rotatable bonds is 5. The lowest BCUT2D eigenvalue weighted by Crippen LogP contribution is -2.32. The Kier molecular flexibility index (Phi) is 8.06. The summed E-state index contributed by atoms with van der Waals surface area (Å²) in [5.74, 6) is 3.46. The Morgan fingerprint density at radius 1 is 0.328 bits per heavy atom. The van der Waals surface area contributed by atoms with Crippen molar-refractivity contribution in [2.24, 2.45) is 0 Å². The summed E-state index contributed by atoms with van der Waals surface area (Å²) in [4.78, 5) is 20.8. The fourth-order valence-corrected chi connectivity index (χ4v) is 10.1. The molecular formula is C59H36N4O. The second-order valence-corrected chi connectivity index (χ2v) is 16.5. The van der Waals surface area contributed by atoms with Gasteiger partial charge in [-0.2, -0.15) is 0 Å². The molecule has 9 aromatic carbocycles. The first-order valence-corrected chi connectivity index (χ1v) is 21.6. The first-order valence-electron chi connectivity index (χ1n) is 21.6. The molecule has 3 heterocycles. The van der Waals surface area contributed by atoms with Gasteiger partial charge in [0.2, 0.25) is 0 Å². The third-order valence-corrected chi connectivity index (χ3v) is 13.0. The Morgan fingerprint density at radius 2 is 0.797 bits per heavy atom. The van der Waals surface area contributed by atoms with Gasteiger partial charge in [-0.25, -0.2) is 19.9 Å². The summed E-state index contributed by atoms with van der Waals surface area (Å²) in [7, 11) is 0. The Balaban J connectivity index is 1.06. The fraction of sp³-hybridized carbons (Fsp3) is 0.0169. The lowest BCUT2D eigenvalue weighted by molar-refractivity contribution is 0.442. The van der Waals surface area contributed by atoms with Gasteiger partial charge >= 0.3 is 0 Å². The fourth-order valence-electron chi connectivity index (χ4n) is 10.1. The van der Waals surface area contributed by atoms with E-state index in [4.69, 9.17) is 24.7 Å². The summed E-state index contributed by atoms with van der Waals surface area (Å²) in [6, 6.07) is 76.6. The molecule has 1 aliphatic heterocycles. The summed E-state index contributed by atoms with van der Waals surface area (Å²) in [6.45, 7) is 0. The monoisotopic (exact) mass is 816 g/mol. The van der Waals surface area contributed by atoms with Crippen LogP contribution in [0, 0.1) is 0 Å². The quantitative estimate of drug-likeness (QED) is 0.162. The first-order chi connectivity index (χ1) is 31.7. The molecule has 11 aromatic rings. The Hall–Kier alpha value is -8.54. The molecule has 2 aromatic heterocycles. The zero-order valence-corrected chi connectivity index (χ0v) is 34.5. The maximum Gasteiger partial charge on any atom is 0.164 e. The van der Waals surface area contributed by atoms with Crippen LogP contribution in [0.1, 0.15) is 22.3 Å². The molecule has 0 bridgehead atoms. The Morgan fingerprint density at radius 3 is 1.45 bits per heavy atom. The number of nitrogens with zero attached hydrogens (tertiary/aromatic N) is 4. The Bertz CT molecular complexity index is 3580. The van der Waals surface area contributed by atoms with Gasteiger partial charge in [0.05, 0.1) is 16.6 Å². The number of hydrogen-bond acceptors (Lipinski definition) is 5. The van der Waals surface area contributed by atoms with Gasteiger partial charge in [0.15, 0.2) is 17.5 Å². The van der Waals surface area contributed by atoms with Gasteiger partial charge in [-0.3, -0.25) is 0 Å². The molecule has 1 aliphatic carbocycles. The van der Waals surface area contributed by atoms with E-state index in [1.165, 1.54) is 22.3 Å². The van der Waals surface area contributed by atoms with Crippen molar-refractivity contribution in [2.45, 2.75) is 5.41 Å². The lowest BCUT2D eigenvalue weighted by Gasteiger charge is -2.40. The summed E-state index contributed by atoms with van der Waals surface area (Å²) in [5, 5.41) is 3.02. The van der Waals surface area contributed by atoms with E-state index >= 15 is 0 Å². The predicted molar refractivity (Wildman–Crippen MR) is 257 cm³/mol. The number of aromatic nitrogens is 4. The van der Waals surface area contributed by atoms with Crippen LogP contribution in [0.15, 0.2) is 218 Å². The van der Waals surface area contributed by atoms with Gasteiger partial charge in [0.25, 0.3) is 0 Å². The van der Waals surface area contributed by atoms with Crippen LogP contribution in [0.2, 0.25) is 0 Å². The van der Waals surface area contributed by atoms with Gasteiger partial charge in [0.1, 0.15) is 11.5 Å². The highest BCUT2D eigenvalue weighted by Crippen LogP contribution is 2.63. The van der Waals surface area contributed by atoms with E-state index in [1.54, 1.807) is 0 Å². The van der Waals surface area contributed by atoms with E-state index in [1.807, 2.05) is 42.5 Å². The zero-order valence-electron chi connectivity index (χ0n) is 34.5. The van der Waals surface area contributed by atoms with E-state index in [0.717, 1.165) is 83.4 Å². The normalized spacial score (nSPS) is 12.9. The standard InChI is InChI=1S/C59H36N4O/c1-4-16-37(17-5-1)38-28-30-41(31-29-38)57-61-56(40-20-8-3-9-21-40)62-58(63-57)42-32-33-45-51(36-42)60-54(39-18-6-2-7-19-39)46-34-35-50-55(53(45)46)64-52-27-15-14-26-49(52)59(50)47-24-12-10-22-43(47)44-23-11-13-25-48(44)59/h1-36H. The molecule has 64 heavy (non-hydrogen) atoms. The number of pyridine rings is 1. The second kappa shape index (κ2) is 14.3. The van der Waals surface area contributed by atoms with E-state index in [2.05, 4.69) is 176 Å². The van der Waals surface area contributed by atoms with Crippen LogP contribution < -0.4 is 4.74 Å². The van der Waals surface area contributed by atoms with Crippen molar-refractivity contribution in [1.82, 2.24) is 19.9 Å². The average molecular weight is 817 g/mol. The summed E-state index contributed by atoms with van der Waals surface area (Å²) >= 11 is 0. The molecule has 298 valence electrons. The average Bonchev–Trinajstić information content (AvgIpc) is 3.67. The number of fused-ring (bicyclic) bond motifs is 13. The maximum absolute atomic E-state index is 7.23. The van der Waals surface area contributed by atoms with Crippen LogP contribution in [-0.4, -0.2) is 19.9 Å². The van der Waals surface area contributed by atoms with E-state index in [-0.39, 0.29) is 0 Å². The number of hydrogen-bond donors (Lipinski definition) is 0. The van der Waals surface area contributed by atoms with E-state index in [9.17, 15) is 0 Å². The summed E-state index contributed by atoms with van der Waals surface area (Å²) in [6.07, 6.45) is 0. The van der Waals surface area contributed by atoms with Crippen LogP contribution in [0.4, 0.5) is 0 Å². The number of ether oxygens (including phenoxy) is 1. The molecule has 1 spiro atoms. The van der Waals surface area contributed by atoms with Crippen molar-refractivity contribution in [3.05, 3.63) is 241 Å². The zero-order chi connectivity index (χ0) is 42.2. The molecule has 5 nitrogen and oxygen atoms in total. The molecule has 0 fully saturated rings. The summed E-state index contributed by atoms with van der Waals surface area (Å²) in [5.41, 5.74) is 14.3. The highest BCUT2D eigenvalue weighted by Gasteiger charge is 2.51. The molecule has 13 rings (SSSR count). The number of para-hydroxylation sites is 1. The van der Waals surface area contributed by atoms with Gasteiger partial charge in [-0.15, -0.1) is 0 Å². The van der Waals surface area contributed by atoms with Gasteiger partial charge in [-0.05, 0) is 45.5 Å². The largest absolute Gasteiger partial charge is 0.456 e. The second-order valence-electron chi connectivity index (χ2n) is 16.5.